The van der Waals surface area contributed by atoms with Crippen LogP contribution >= 0.6 is 11.3 Å². The average Bonchev–Trinajstić information content (AvgIpc) is 2.96. The maximum Gasteiger partial charge on any atom is 0.268 e. The van der Waals surface area contributed by atoms with Crippen molar-refractivity contribution in [1.82, 2.24) is 10.2 Å². The van der Waals surface area contributed by atoms with Crippen LogP contribution in [0.3, 0.4) is 0 Å². The predicted molar refractivity (Wildman–Crippen MR) is 82.6 cm³/mol. The van der Waals surface area contributed by atoms with Crippen LogP contribution in [0.25, 0.3) is 6.08 Å². The number of nitriles is 1. The van der Waals surface area contributed by atoms with Crippen molar-refractivity contribution in [2.24, 2.45) is 0 Å². The lowest BCUT2D eigenvalue weighted by molar-refractivity contribution is -0.112. The van der Waals surface area contributed by atoms with Gasteiger partial charge in [-0.1, -0.05) is 30.4 Å². The Kier molecular flexibility index (Phi) is 4.96. The summed E-state index contributed by atoms with van der Waals surface area (Å²) in [5.41, 5.74) is 0.743. The molecule has 1 amide bonds. The molecule has 7 heteroatoms. The van der Waals surface area contributed by atoms with Gasteiger partial charge in [-0.15, -0.1) is 10.2 Å². The predicted octanol–water partition coefficient (Wildman–Crippen LogP) is 3.09. The molecule has 0 fully saturated rings. The normalized spacial score (nSPS) is 11.1. The van der Waals surface area contributed by atoms with Crippen molar-refractivity contribution in [3.8, 4) is 6.07 Å². The van der Waals surface area contributed by atoms with Gasteiger partial charge in [-0.3, -0.25) is 10.1 Å². The number of carbonyl (C=O) groups is 1. The second-order valence-corrected chi connectivity index (χ2v) is 5.49. The summed E-state index contributed by atoms with van der Waals surface area (Å²) < 4.78 is 13.5. The van der Waals surface area contributed by atoms with Crippen molar-refractivity contribution in [3.63, 3.8) is 0 Å². The summed E-state index contributed by atoms with van der Waals surface area (Å²) in [6.45, 7) is 3.52. The summed E-state index contributed by atoms with van der Waals surface area (Å²) in [5.74, 6) is -0.979. The van der Waals surface area contributed by atoms with Gasteiger partial charge in [0.1, 0.15) is 22.5 Å². The molecule has 0 saturated carbocycles. The van der Waals surface area contributed by atoms with Crippen molar-refractivity contribution in [3.05, 3.63) is 45.7 Å². The molecular formula is C15H13FN4OS. The first-order valence-corrected chi connectivity index (χ1v) is 7.37. The Morgan fingerprint density at radius 3 is 2.91 bits per heavy atom. The SMILES string of the molecule is CCc1nnc(NC(=O)/C(C#N)=C/c2cccc(F)c2C)s1. The smallest absolute Gasteiger partial charge is 0.268 e. The quantitative estimate of drug-likeness (QED) is 0.694. The van der Waals surface area contributed by atoms with E-state index in [2.05, 4.69) is 15.5 Å². The van der Waals surface area contributed by atoms with E-state index in [0.717, 1.165) is 11.4 Å². The summed E-state index contributed by atoms with van der Waals surface area (Å²) in [4.78, 5) is 12.1. The van der Waals surface area contributed by atoms with Crippen LogP contribution in [0.2, 0.25) is 0 Å². The minimum Gasteiger partial charge on any atom is -0.296 e. The molecule has 0 saturated heterocycles. The Balaban J connectivity index is 2.23. The number of aryl methyl sites for hydroxylation is 1. The van der Waals surface area contributed by atoms with Gasteiger partial charge < -0.3 is 0 Å². The van der Waals surface area contributed by atoms with Gasteiger partial charge in [0.15, 0.2) is 0 Å². The van der Waals surface area contributed by atoms with Crippen LogP contribution < -0.4 is 5.32 Å². The van der Waals surface area contributed by atoms with Crippen LogP contribution in [-0.4, -0.2) is 16.1 Å². The molecule has 1 heterocycles. The molecule has 0 aliphatic carbocycles. The number of rotatable bonds is 4. The third kappa shape index (κ3) is 3.54. The molecule has 1 aromatic carbocycles. The molecule has 2 rings (SSSR count). The number of hydrogen-bond acceptors (Lipinski definition) is 5. The van der Waals surface area contributed by atoms with Gasteiger partial charge in [0.2, 0.25) is 5.13 Å². The van der Waals surface area contributed by atoms with E-state index < -0.39 is 5.91 Å². The van der Waals surface area contributed by atoms with Crippen LogP contribution in [0.4, 0.5) is 9.52 Å². The molecule has 0 aliphatic heterocycles. The molecule has 1 N–H and O–H groups in total. The number of halogens is 1. The summed E-state index contributed by atoms with van der Waals surface area (Å²) >= 11 is 1.25. The first-order chi connectivity index (χ1) is 10.5. The van der Waals surface area contributed by atoms with E-state index in [0.29, 0.717) is 16.3 Å². The molecule has 0 aliphatic rings. The zero-order chi connectivity index (χ0) is 16.1. The summed E-state index contributed by atoms with van der Waals surface area (Å²) in [6, 6.07) is 6.32. The third-order valence-electron chi connectivity index (χ3n) is 2.96. The highest BCUT2D eigenvalue weighted by molar-refractivity contribution is 7.15. The van der Waals surface area contributed by atoms with Crippen LogP contribution in [0.1, 0.15) is 23.1 Å². The fraction of sp³-hybridized carbons (Fsp3) is 0.200. The molecule has 1 aromatic heterocycles. The number of benzene rings is 1. The minimum absolute atomic E-state index is 0.123. The number of carbonyl (C=O) groups excluding carboxylic acids is 1. The van der Waals surface area contributed by atoms with Crippen LogP contribution in [0, 0.1) is 24.1 Å². The van der Waals surface area contributed by atoms with Gasteiger partial charge in [-0.2, -0.15) is 5.26 Å². The Bertz CT molecular complexity index is 776. The highest BCUT2D eigenvalue weighted by Crippen LogP contribution is 2.18. The molecule has 0 atom stereocenters. The molecule has 0 unspecified atom stereocenters. The molecule has 0 radical (unpaired) electrons. The van der Waals surface area contributed by atoms with Crippen LogP contribution in [0.15, 0.2) is 23.8 Å². The Morgan fingerprint density at radius 1 is 1.50 bits per heavy atom. The molecule has 0 bridgehead atoms. The standard InChI is InChI=1S/C15H13FN4OS/c1-3-13-19-20-15(22-13)18-14(21)11(8-17)7-10-5-4-6-12(16)9(10)2/h4-7H,3H2,1-2H3,(H,18,20,21)/b11-7+. The Labute approximate surface area is 131 Å². The van der Waals surface area contributed by atoms with Crippen molar-refractivity contribution < 1.29 is 9.18 Å². The van der Waals surface area contributed by atoms with Crippen LogP contribution in [-0.2, 0) is 11.2 Å². The zero-order valence-corrected chi connectivity index (χ0v) is 12.9. The second-order valence-electron chi connectivity index (χ2n) is 4.43. The Hall–Kier alpha value is -2.59. The van der Waals surface area contributed by atoms with Gasteiger partial charge in [0.05, 0.1) is 0 Å². The minimum atomic E-state index is -0.593. The molecular weight excluding hydrogens is 303 g/mol. The summed E-state index contributed by atoms with van der Waals surface area (Å²) in [5, 5.41) is 20.5. The maximum absolute atomic E-state index is 13.5. The van der Waals surface area contributed by atoms with E-state index in [9.17, 15) is 9.18 Å². The highest BCUT2D eigenvalue weighted by atomic mass is 32.1. The lowest BCUT2D eigenvalue weighted by Crippen LogP contribution is -2.13. The monoisotopic (exact) mass is 316 g/mol. The van der Waals surface area contributed by atoms with Gasteiger partial charge in [-0.05, 0) is 36.6 Å². The third-order valence-corrected chi connectivity index (χ3v) is 3.95. The number of amides is 1. The van der Waals surface area contributed by atoms with Gasteiger partial charge >= 0.3 is 0 Å². The van der Waals surface area contributed by atoms with E-state index in [1.807, 2.05) is 13.0 Å². The zero-order valence-electron chi connectivity index (χ0n) is 12.1. The summed E-state index contributed by atoms with van der Waals surface area (Å²) in [6.07, 6.45) is 2.08. The van der Waals surface area contributed by atoms with E-state index >= 15 is 0 Å². The summed E-state index contributed by atoms with van der Waals surface area (Å²) in [7, 11) is 0. The number of anilines is 1. The first kappa shape index (κ1) is 15.8. The number of nitrogens with one attached hydrogen (secondary N) is 1. The molecule has 0 spiro atoms. The number of nitrogens with zero attached hydrogens (tertiary/aromatic N) is 3. The lowest BCUT2D eigenvalue weighted by atomic mass is 10.1. The maximum atomic E-state index is 13.5. The second kappa shape index (κ2) is 6.91. The Morgan fingerprint density at radius 2 is 2.27 bits per heavy atom. The highest BCUT2D eigenvalue weighted by Gasteiger charge is 2.13. The van der Waals surface area contributed by atoms with E-state index in [1.165, 1.54) is 29.5 Å². The van der Waals surface area contributed by atoms with Gasteiger partial charge in [-0.25, -0.2) is 4.39 Å². The fourth-order valence-electron chi connectivity index (χ4n) is 1.70. The van der Waals surface area contributed by atoms with Gasteiger partial charge in [0, 0.05) is 0 Å². The lowest BCUT2D eigenvalue weighted by Gasteiger charge is -2.03. The van der Waals surface area contributed by atoms with Crippen LogP contribution in [0.5, 0.6) is 0 Å². The van der Waals surface area contributed by atoms with Crippen molar-refractivity contribution in [2.75, 3.05) is 5.32 Å². The van der Waals surface area contributed by atoms with Crippen molar-refractivity contribution in [2.45, 2.75) is 20.3 Å². The van der Waals surface area contributed by atoms with E-state index in [4.69, 9.17) is 5.26 Å². The van der Waals surface area contributed by atoms with Gasteiger partial charge in [0.25, 0.3) is 5.91 Å². The van der Waals surface area contributed by atoms with E-state index in [-0.39, 0.29) is 11.4 Å². The van der Waals surface area contributed by atoms with Crippen molar-refractivity contribution in [1.29, 1.82) is 5.26 Å². The fourth-order valence-corrected chi connectivity index (χ4v) is 2.37. The molecule has 5 nitrogen and oxygen atoms in total. The molecule has 112 valence electrons. The van der Waals surface area contributed by atoms with E-state index in [1.54, 1.807) is 13.0 Å². The first-order valence-electron chi connectivity index (χ1n) is 6.55. The number of aromatic nitrogens is 2. The molecule has 2 aromatic rings. The molecule has 22 heavy (non-hydrogen) atoms. The average molecular weight is 316 g/mol. The largest absolute Gasteiger partial charge is 0.296 e. The number of hydrogen-bond donors (Lipinski definition) is 1. The topological polar surface area (TPSA) is 78.7 Å². The van der Waals surface area contributed by atoms with Crippen molar-refractivity contribution >= 4 is 28.5 Å².